The van der Waals surface area contributed by atoms with Crippen molar-refractivity contribution in [2.45, 2.75) is 45.3 Å². The molecule has 0 bridgehead atoms. The van der Waals surface area contributed by atoms with Crippen molar-refractivity contribution in [3.05, 3.63) is 52.8 Å². The van der Waals surface area contributed by atoms with Gasteiger partial charge in [0, 0.05) is 29.8 Å². The maximum absolute atomic E-state index is 14.8. The Hall–Kier alpha value is -3.00. The summed E-state index contributed by atoms with van der Waals surface area (Å²) in [6, 6.07) is 8.57. The van der Waals surface area contributed by atoms with Crippen LogP contribution in [0.2, 0.25) is 5.02 Å². The smallest absolute Gasteiger partial charge is 0.407 e. The number of hydrogen-bond acceptors (Lipinski definition) is 5. The first kappa shape index (κ1) is 23.7. The molecule has 1 aliphatic heterocycles. The van der Waals surface area contributed by atoms with E-state index in [2.05, 4.69) is 10.6 Å². The van der Waals surface area contributed by atoms with E-state index in [-0.39, 0.29) is 23.0 Å². The molecule has 172 valence electrons. The number of nitrogens with one attached hydrogen (secondary N) is 2. The summed E-state index contributed by atoms with van der Waals surface area (Å²) < 4.78 is 20.0. The zero-order valence-corrected chi connectivity index (χ0v) is 19.0. The predicted molar refractivity (Wildman–Crippen MR) is 122 cm³/mol. The molecule has 1 fully saturated rings. The Morgan fingerprint density at radius 2 is 1.84 bits per heavy atom. The van der Waals surface area contributed by atoms with E-state index in [1.165, 1.54) is 24.3 Å². The van der Waals surface area contributed by atoms with Crippen LogP contribution in [0.4, 0.5) is 20.6 Å². The number of phenols is 1. The third-order valence-electron chi connectivity index (χ3n) is 4.97. The van der Waals surface area contributed by atoms with Gasteiger partial charge >= 0.3 is 6.09 Å². The standard InChI is InChI=1S/C23H27ClFN3O4/c1-23(2,3)32-22(31)27-15-8-10-28(11-9-15)19-7-5-16(13-18(19)25)26-21(30)17-6-4-14(24)12-20(17)29/h4-7,12-13,15,29H,8-11H2,1-3H3,(H,26,30)(H,27,31). The van der Waals surface area contributed by atoms with Crippen LogP contribution < -0.4 is 15.5 Å². The number of rotatable bonds is 4. The number of alkyl carbamates (subject to hydrolysis) is 1. The second kappa shape index (κ2) is 9.65. The van der Waals surface area contributed by atoms with E-state index < -0.39 is 23.4 Å². The largest absolute Gasteiger partial charge is 0.507 e. The summed E-state index contributed by atoms with van der Waals surface area (Å²) in [5, 5.41) is 15.6. The number of phenolic OH excluding ortho intramolecular Hbond substituents is 1. The summed E-state index contributed by atoms with van der Waals surface area (Å²) in [4.78, 5) is 26.2. The minimum Gasteiger partial charge on any atom is -0.507 e. The van der Waals surface area contributed by atoms with E-state index in [1.54, 1.807) is 12.1 Å². The molecule has 0 aromatic heterocycles. The lowest BCUT2D eigenvalue weighted by Gasteiger charge is -2.34. The third kappa shape index (κ3) is 6.26. The lowest BCUT2D eigenvalue weighted by Crippen LogP contribution is -2.46. The Balaban J connectivity index is 1.58. The summed E-state index contributed by atoms with van der Waals surface area (Å²) in [6.45, 7) is 6.57. The Morgan fingerprint density at radius 3 is 2.44 bits per heavy atom. The number of amides is 2. The van der Waals surface area contributed by atoms with Gasteiger partial charge in [-0.05, 0) is 70.0 Å². The number of ether oxygens (including phenoxy) is 1. The quantitative estimate of drug-likeness (QED) is 0.598. The van der Waals surface area contributed by atoms with Crippen molar-refractivity contribution in [3.8, 4) is 5.75 Å². The minimum absolute atomic E-state index is 0.0326. The second-order valence-electron chi connectivity index (χ2n) is 8.69. The van der Waals surface area contributed by atoms with Crippen LogP contribution in [-0.2, 0) is 4.74 Å². The molecular weight excluding hydrogens is 437 g/mol. The van der Waals surface area contributed by atoms with Crippen LogP contribution in [0.1, 0.15) is 44.0 Å². The van der Waals surface area contributed by atoms with E-state index in [4.69, 9.17) is 16.3 Å². The van der Waals surface area contributed by atoms with Gasteiger partial charge in [-0.3, -0.25) is 4.79 Å². The first-order valence-electron chi connectivity index (χ1n) is 10.4. The number of piperidine rings is 1. The highest BCUT2D eigenvalue weighted by atomic mass is 35.5. The van der Waals surface area contributed by atoms with Crippen LogP contribution in [0, 0.1) is 5.82 Å². The molecule has 0 saturated carbocycles. The fourth-order valence-corrected chi connectivity index (χ4v) is 3.64. The van der Waals surface area contributed by atoms with Crippen LogP contribution >= 0.6 is 11.6 Å². The normalized spacial score (nSPS) is 14.7. The van der Waals surface area contributed by atoms with E-state index in [0.717, 1.165) is 0 Å². The molecule has 0 spiro atoms. The second-order valence-corrected chi connectivity index (χ2v) is 9.13. The lowest BCUT2D eigenvalue weighted by molar-refractivity contribution is 0.0497. The summed E-state index contributed by atoms with van der Waals surface area (Å²) >= 11 is 5.78. The number of aromatic hydroxyl groups is 1. The van der Waals surface area contributed by atoms with Gasteiger partial charge in [0.2, 0.25) is 0 Å². The number of nitrogens with zero attached hydrogens (tertiary/aromatic N) is 1. The zero-order chi connectivity index (χ0) is 23.5. The molecule has 2 amide bonds. The van der Waals surface area contributed by atoms with Crippen LogP contribution in [0.5, 0.6) is 5.75 Å². The molecule has 2 aromatic rings. The van der Waals surface area contributed by atoms with Gasteiger partial charge in [0.15, 0.2) is 0 Å². The van der Waals surface area contributed by atoms with Crippen molar-refractivity contribution >= 4 is 35.0 Å². The highest BCUT2D eigenvalue weighted by Gasteiger charge is 2.25. The van der Waals surface area contributed by atoms with Gasteiger partial charge in [-0.2, -0.15) is 0 Å². The number of carbonyl (C=O) groups excluding carboxylic acids is 2. The number of carbonyl (C=O) groups is 2. The molecule has 1 heterocycles. The highest BCUT2D eigenvalue weighted by Crippen LogP contribution is 2.27. The van der Waals surface area contributed by atoms with Crippen molar-refractivity contribution in [1.82, 2.24) is 5.32 Å². The molecule has 9 heteroatoms. The van der Waals surface area contributed by atoms with Gasteiger partial charge in [0.05, 0.1) is 11.3 Å². The maximum atomic E-state index is 14.8. The number of hydrogen-bond donors (Lipinski definition) is 3. The Labute approximate surface area is 191 Å². The van der Waals surface area contributed by atoms with Crippen molar-refractivity contribution in [2.75, 3.05) is 23.3 Å². The molecule has 1 aliphatic rings. The summed E-state index contributed by atoms with van der Waals surface area (Å²) in [7, 11) is 0. The van der Waals surface area contributed by atoms with Gasteiger partial charge in [-0.25, -0.2) is 9.18 Å². The van der Waals surface area contributed by atoms with Crippen LogP contribution in [0.25, 0.3) is 0 Å². The SMILES string of the molecule is CC(C)(C)OC(=O)NC1CCN(c2ccc(NC(=O)c3ccc(Cl)cc3O)cc2F)CC1. The van der Waals surface area contributed by atoms with Crippen LogP contribution in [-0.4, -0.2) is 41.8 Å². The summed E-state index contributed by atoms with van der Waals surface area (Å²) in [6.07, 6.45) is 0.869. The first-order chi connectivity index (χ1) is 15.0. The minimum atomic E-state index is -0.569. The summed E-state index contributed by atoms with van der Waals surface area (Å²) in [5.74, 6) is -1.29. The molecule has 3 rings (SSSR count). The first-order valence-corrected chi connectivity index (χ1v) is 10.7. The maximum Gasteiger partial charge on any atom is 0.407 e. The zero-order valence-electron chi connectivity index (χ0n) is 18.2. The molecule has 0 atom stereocenters. The number of anilines is 2. The van der Waals surface area contributed by atoms with Crippen LogP contribution in [0.3, 0.4) is 0 Å². The molecule has 0 radical (unpaired) electrons. The van der Waals surface area contributed by atoms with Crippen molar-refractivity contribution < 1.29 is 23.8 Å². The monoisotopic (exact) mass is 463 g/mol. The van der Waals surface area contributed by atoms with Gasteiger partial charge < -0.3 is 25.4 Å². The fraction of sp³-hybridized carbons (Fsp3) is 0.391. The highest BCUT2D eigenvalue weighted by molar-refractivity contribution is 6.31. The third-order valence-corrected chi connectivity index (χ3v) is 5.20. The molecule has 0 unspecified atom stereocenters. The molecule has 0 aliphatic carbocycles. The van der Waals surface area contributed by atoms with Gasteiger partial charge in [0.25, 0.3) is 5.91 Å². The number of benzene rings is 2. The van der Waals surface area contributed by atoms with Crippen molar-refractivity contribution in [3.63, 3.8) is 0 Å². The van der Waals surface area contributed by atoms with E-state index in [9.17, 15) is 19.1 Å². The number of halogens is 2. The molecule has 32 heavy (non-hydrogen) atoms. The van der Waals surface area contributed by atoms with Crippen molar-refractivity contribution in [1.29, 1.82) is 0 Å². The molecular formula is C23H27ClFN3O4. The summed E-state index contributed by atoms with van der Waals surface area (Å²) in [5.41, 5.74) is 0.177. The molecule has 1 saturated heterocycles. The van der Waals surface area contributed by atoms with Crippen LogP contribution in [0.15, 0.2) is 36.4 Å². The van der Waals surface area contributed by atoms with Crippen molar-refractivity contribution in [2.24, 2.45) is 0 Å². The average molecular weight is 464 g/mol. The van der Waals surface area contributed by atoms with Gasteiger partial charge in [-0.15, -0.1) is 0 Å². The van der Waals surface area contributed by atoms with E-state index >= 15 is 0 Å². The fourth-order valence-electron chi connectivity index (χ4n) is 3.48. The van der Waals surface area contributed by atoms with E-state index in [0.29, 0.717) is 36.6 Å². The molecule has 2 aromatic carbocycles. The topological polar surface area (TPSA) is 90.9 Å². The lowest BCUT2D eigenvalue weighted by atomic mass is 10.0. The van der Waals surface area contributed by atoms with Gasteiger partial charge in [-0.1, -0.05) is 11.6 Å². The molecule has 3 N–H and O–H groups in total. The molecule has 7 nitrogen and oxygen atoms in total. The Kier molecular flexibility index (Phi) is 7.13. The average Bonchev–Trinajstić information content (AvgIpc) is 2.67. The van der Waals surface area contributed by atoms with Gasteiger partial charge in [0.1, 0.15) is 17.2 Å². The van der Waals surface area contributed by atoms with E-state index in [1.807, 2.05) is 25.7 Å². The predicted octanol–water partition coefficient (Wildman–Crippen LogP) is 4.93. The Bertz CT molecular complexity index is 1000. The Morgan fingerprint density at radius 1 is 1.16 bits per heavy atom.